The molecular formula is C16H13Br2NO3. The van der Waals surface area contributed by atoms with E-state index in [4.69, 9.17) is 4.74 Å². The molecule has 1 unspecified atom stereocenters. The number of carbonyl (C=O) groups excluding carboxylic acids is 2. The lowest BCUT2D eigenvalue weighted by molar-refractivity contribution is -0.142. The molecule has 1 atom stereocenters. The molecule has 1 aromatic carbocycles. The molecule has 1 aromatic heterocycles. The second-order valence-corrected chi connectivity index (χ2v) is 6.80. The average molecular weight is 427 g/mol. The second kappa shape index (κ2) is 6.01. The Kier molecular flexibility index (Phi) is 4.23. The van der Waals surface area contributed by atoms with Crippen molar-refractivity contribution in [1.29, 1.82) is 0 Å². The molecule has 2 heterocycles. The molecule has 0 N–H and O–H groups in total. The van der Waals surface area contributed by atoms with Crippen LogP contribution in [0.25, 0.3) is 0 Å². The number of methoxy groups -OCH3 is 1. The summed E-state index contributed by atoms with van der Waals surface area (Å²) in [6.45, 7) is 0.631. The lowest BCUT2D eigenvalue weighted by Gasteiger charge is -2.08. The van der Waals surface area contributed by atoms with Crippen molar-refractivity contribution in [2.24, 2.45) is 0 Å². The van der Waals surface area contributed by atoms with Gasteiger partial charge in [0.05, 0.1) is 18.7 Å². The highest BCUT2D eigenvalue weighted by atomic mass is 79.9. The quantitative estimate of drug-likeness (QED) is 0.552. The topological polar surface area (TPSA) is 48.3 Å². The number of ketones is 1. The summed E-state index contributed by atoms with van der Waals surface area (Å²) in [5, 5.41) is 0. The SMILES string of the molecule is COC(=O)C1CCn2c(C(=O)c3ccccc3Br)cc(Br)c21. The van der Waals surface area contributed by atoms with Crippen LogP contribution in [0.1, 0.15) is 34.1 Å². The average Bonchev–Trinajstić information content (AvgIpc) is 3.08. The van der Waals surface area contributed by atoms with Crippen LogP contribution in [0.4, 0.5) is 0 Å². The number of nitrogens with zero attached hydrogens (tertiary/aromatic N) is 1. The third-order valence-electron chi connectivity index (χ3n) is 3.90. The molecule has 114 valence electrons. The molecule has 22 heavy (non-hydrogen) atoms. The van der Waals surface area contributed by atoms with Crippen molar-refractivity contribution in [2.45, 2.75) is 18.9 Å². The molecular weight excluding hydrogens is 414 g/mol. The van der Waals surface area contributed by atoms with Crippen LogP contribution in [0.5, 0.6) is 0 Å². The minimum Gasteiger partial charge on any atom is -0.469 e. The molecule has 0 bridgehead atoms. The maximum absolute atomic E-state index is 12.8. The van der Waals surface area contributed by atoms with Crippen molar-refractivity contribution in [2.75, 3.05) is 7.11 Å². The Balaban J connectivity index is 2.05. The zero-order valence-electron chi connectivity index (χ0n) is 11.8. The van der Waals surface area contributed by atoms with Gasteiger partial charge < -0.3 is 9.30 Å². The fourth-order valence-electron chi connectivity index (χ4n) is 2.86. The van der Waals surface area contributed by atoms with Crippen molar-refractivity contribution < 1.29 is 14.3 Å². The number of ether oxygens (including phenoxy) is 1. The molecule has 2 aromatic rings. The summed E-state index contributed by atoms with van der Waals surface area (Å²) >= 11 is 6.88. The van der Waals surface area contributed by atoms with Crippen LogP contribution in [0, 0.1) is 0 Å². The molecule has 0 amide bonds. The monoisotopic (exact) mass is 425 g/mol. The van der Waals surface area contributed by atoms with E-state index in [1.807, 2.05) is 22.8 Å². The molecule has 0 fully saturated rings. The van der Waals surface area contributed by atoms with E-state index in [0.29, 0.717) is 24.2 Å². The van der Waals surface area contributed by atoms with Gasteiger partial charge in [0.25, 0.3) is 0 Å². The normalized spacial score (nSPS) is 16.4. The van der Waals surface area contributed by atoms with Gasteiger partial charge in [-0.05, 0) is 40.5 Å². The molecule has 0 spiro atoms. The smallest absolute Gasteiger partial charge is 0.314 e. The van der Waals surface area contributed by atoms with Crippen LogP contribution in [0.3, 0.4) is 0 Å². The van der Waals surface area contributed by atoms with Crippen molar-refractivity contribution in [1.82, 2.24) is 4.57 Å². The fourth-order valence-corrected chi connectivity index (χ4v) is 4.04. The summed E-state index contributed by atoms with van der Waals surface area (Å²) in [7, 11) is 1.38. The van der Waals surface area contributed by atoms with Gasteiger partial charge in [0.1, 0.15) is 0 Å². The molecule has 1 aliphatic heterocycles. The Morgan fingerprint density at radius 2 is 1.95 bits per heavy atom. The summed E-state index contributed by atoms with van der Waals surface area (Å²) < 4.78 is 8.30. The van der Waals surface area contributed by atoms with Crippen molar-refractivity contribution in [3.63, 3.8) is 0 Å². The zero-order valence-corrected chi connectivity index (χ0v) is 15.0. The number of hydrogen-bond acceptors (Lipinski definition) is 3. The number of rotatable bonds is 3. The van der Waals surface area contributed by atoms with Crippen LogP contribution >= 0.6 is 31.9 Å². The summed E-state index contributed by atoms with van der Waals surface area (Å²) in [6, 6.07) is 9.11. The van der Waals surface area contributed by atoms with E-state index in [-0.39, 0.29) is 17.7 Å². The van der Waals surface area contributed by atoms with Gasteiger partial charge in [-0.25, -0.2) is 0 Å². The molecule has 6 heteroatoms. The first-order valence-electron chi connectivity index (χ1n) is 6.80. The summed E-state index contributed by atoms with van der Waals surface area (Å²) in [5.74, 6) is -0.650. The Bertz CT molecular complexity index is 767. The van der Waals surface area contributed by atoms with E-state index in [2.05, 4.69) is 31.9 Å². The highest BCUT2D eigenvalue weighted by Gasteiger charge is 2.35. The third-order valence-corrected chi connectivity index (χ3v) is 5.22. The van der Waals surface area contributed by atoms with Crippen LogP contribution < -0.4 is 0 Å². The summed E-state index contributed by atoms with van der Waals surface area (Å²) in [5.41, 5.74) is 2.01. The number of fused-ring (bicyclic) bond motifs is 1. The first kappa shape index (κ1) is 15.5. The predicted octanol–water partition coefficient (Wildman–Crippen LogP) is 3.90. The lowest BCUT2D eigenvalue weighted by atomic mass is 10.1. The molecule has 0 saturated heterocycles. The minimum absolute atomic E-state index is 0.0649. The van der Waals surface area contributed by atoms with E-state index in [9.17, 15) is 9.59 Å². The van der Waals surface area contributed by atoms with Gasteiger partial charge >= 0.3 is 5.97 Å². The molecule has 0 radical (unpaired) electrons. The van der Waals surface area contributed by atoms with Crippen LogP contribution in [-0.2, 0) is 16.1 Å². The number of esters is 1. The van der Waals surface area contributed by atoms with Gasteiger partial charge in [-0.3, -0.25) is 9.59 Å². The highest BCUT2D eigenvalue weighted by Crippen LogP contribution is 2.38. The van der Waals surface area contributed by atoms with Crippen LogP contribution in [-0.4, -0.2) is 23.4 Å². The molecule has 4 nitrogen and oxygen atoms in total. The first-order chi connectivity index (χ1) is 10.5. The number of aromatic nitrogens is 1. The van der Waals surface area contributed by atoms with E-state index in [0.717, 1.165) is 14.6 Å². The summed E-state index contributed by atoms with van der Waals surface area (Å²) in [4.78, 5) is 24.7. The zero-order chi connectivity index (χ0) is 15.9. The molecule has 1 aliphatic rings. The van der Waals surface area contributed by atoms with Crippen molar-refractivity contribution in [3.8, 4) is 0 Å². The Hall–Kier alpha value is -1.40. The number of benzene rings is 1. The largest absolute Gasteiger partial charge is 0.469 e. The van der Waals surface area contributed by atoms with E-state index < -0.39 is 0 Å². The van der Waals surface area contributed by atoms with Gasteiger partial charge in [-0.15, -0.1) is 0 Å². The maximum atomic E-state index is 12.8. The second-order valence-electron chi connectivity index (χ2n) is 5.09. The predicted molar refractivity (Wildman–Crippen MR) is 89.1 cm³/mol. The van der Waals surface area contributed by atoms with Crippen LogP contribution in [0.2, 0.25) is 0 Å². The summed E-state index contributed by atoms with van der Waals surface area (Å²) in [6.07, 6.45) is 0.650. The standard InChI is InChI=1S/C16H13Br2NO3/c1-22-16(21)10-6-7-19-13(8-12(18)14(10)19)15(20)9-4-2-3-5-11(9)17/h2-5,8,10H,6-7H2,1H3. The van der Waals surface area contributed by atoms with Crippen molar-refractivity contribution >= 4 is 43.6 Å². The first-order valence-corrected chi connectivity index (χ1v) is 8.39. The van der Waals surface area contributed by atoms with E-state index in [1.165, 1.54) is 7.11 Å². The van der Waals surface area contributed by atoms with Gasteiger partial charge in [-0.2, -0.15) is 0 Å². The molecule has 3 rings (SSSR count). The third kappa shape index (κ3) is 2.44. The Labute approximate surface area is 144 Å². The van der Waals surface area contributed by atoms with Gasteiger partial charge in [0, 0.05) is 26.7 Å². The maximum Gasteiger partial charge on any atom is 0.314 e. The molecule has 0 saturated carbocycles. The van der Waals surface area contributed by atoms with E-state index in [1.54, 1.807) is 12.1 Å². The van der Waals surface area contributed by atoms with Gasteiger partial charge in [-0.1, -0.05) is 28.1 Å². The lowest BCUT2D eigenvalue weighted by Crippen LogP contribution is -2.12. The fraction of sp³-hybridized carbons (Fsp3) is 0.250. The van der Waals surface area contributed by atoms with Gasteiger partial charge in [0.15, 0.2) is 0 Å². The number of carbonyl (C=O) groups is 2. The van der Waals surface area contributed by atoms with Crippen molar-refractivity contribution in [3.05, 3.63) is 56.2 Å². The number of halogens is 2. The van der Waals surface area contributed by atoms with Crippen LogP contribution in [0.15, 0.2) is 39.3 Å². The van der Waals surface area contributed by atoms with Gasteiger partial charge in [0.2, 0.25) is 5.78 Å². The Morgan fingerprint density at radius 1 is 1.23 bits per heavy atom. The minimum atomic E-state index is -0.319. The molecule has 0 aliphatic carbocycles. The number of hydrogen-bond donors (Lipinski definition) is 0. The Morgan fingerprint density at radius 3 is 2.64 bits per heavy atom. The van der Waals surface area contributed by atoms with E-state index >= 15 is 0 Å². The highest BCUT2D eigenvalue weighted by molar-refractivity contribution is 9.10.